The predicted molar refractivity (Wildman–Crippen MR) is 78.1 cm³/mol. The SMILES string of the molecule is Fc1ccccc1CNC1CC12CCc1ccccc12. The van der Waals surface area contributed by atoms with Crippen LogP contribution in [0.15, 0.2) is 48.5 Å². The summed E-state index contributed by atoms with van der Waals surface area (Å²) in [6.45, 7) is 0.626. The van der Waals surface area contributed by atoms with Gasteiger partial charge in [-0.3, -0.25) is 0 Å². The fourth-order valence-electron chi connectivity index (χ4n) is 3.74. The van der Waals surface area contributed by atoms with Gasteiger partial charge in [-0.05, 0) is 36.5 Å². The Morgan fingerprint density at radius 1 is 1.10 bits per heavy atom. The van der Waals surface area contributed by atoms with Crippen molar-refractivity contribution in [2.45, 2.75) is 37.3 Å². The minimum absolute atomic E-state index is 0.110. The molecule has 1 spiro atoms. The normalized spacial score (nSPS) is 26.8. The van der Waals surface area contributed by atoms with Crippen LogP contribution in [0.1, 0.15) is 29.5 Å². The van der Waals surface area contributed by atoms with E-state index < -0.39 is 0 Å². The van der Waals surface area contributed by atoms with Crippen molar-refractivity contribution in [2.24, 2.45) is 0 Å². The van der Waals surface area contributed by atoms with E-state index in [-0.39, 0.29) is 5.82 Å². The second-order valence-corrected chi connectivity index (χ2v) is 6.04. The number of nitrogens with one attached hydrogen (secondary N) is 1. The lowest BCUT2D eigenvalue weighted by molar-refractivity contribution is 0.549. The molecule has 4 rings (SSSR count). The molecule has 1 saturated carbocycles. The average molecular weight is 267 g/mol. The quantitative estimate of drug-likeness (QED) is 0.896. The van der Waals surface area contributed by atoms with Crippen LogP contribution in [0.2, 0.25) is 0 Å². The molecular formula is C18H18FN. The zero-order valence-electron chi connectivity index (χ0n) is 11.4. The van der Waals surface area contributed by atoms with Gasteiger partial charge in [0, 0.05) is 23.6 Å². The van der Waals surface area contributed by atoms with Crippen LogP contribution in [0.25, 0.3) is 0 Å². The van der Waals surface area contributed by atoms with Crippen LogP contribution in [-0.4, -0.2) is 6.04 Å². The van der Waals surface area contributed by atoms with Crippen molar-refractivity contribution in [3.05, 3.63) is 71.0 Å². The molecular weight excluding hydrogens is 249 g/mol. The van der Waals surface area contributed by atoms with Crippen LogP contribution in [0.5, 0.6) is 0 Å². The molecule has 20 heavy (non-hydrogen) atoms. The summed E-state index contributed by atoms with van der Waals surface area (Å²) in [5.41, 5.74) is 4.12. The van der Waals surface area contributed by atoms with Gasteiger partial charge in [0.25, 0.3) is 0 Å². The highest BCUT2D eigenvalue weighted by molar-refractivity contribution is 5.46. The van der Waals surface area contributed by atoms with Crippen molar-refractivity contribution in [2.75, 3.05) is 0 Å². The lowest BCUT2D eigenvalue weighted by Crippen LogP contribution is -2.24. The molecule has 102 valence electrons. The molecule has 1 N–H and O–H groups in total. The zero-order chi connectivity index (χ0) is 13.6. The van der Waals surface area contributed by atoms with Crippen molar-refractivity contribution < 1.29 is 4.39 Å². The molecule has 0 radical (unpaired) electrons. The summed E-state index contributed by atoms with van der Waals surface area (Å²) in [5.74, 6) is -0.110. The number of benzene rings is 2. The Labute approximate surface area is 118 Å². The molecule has 0 aromatic heterocycles. The van der Waals surface area contributed by atoms with Gasteiger partial charge in [-0.25, -0.2) is 4.39 Å². The highest BCUT2D eigenvalue weighted by atomic mass is 19.1. The summed E-state index contributed by atoms with van der Waals surface area (Å²) in [6.07, 6.45) is 3.62. The van der Waals surface area contributed by atoms with E-state index in [0.29, 0.717) is 18.0 Å². The van der Waals surface area contributed by atoms with Crippen molar-refractivity contribution in [3.63, 3.8) is 0 Å². The van der Waals surface area contributed by atoms with Crippen LogP contribution >= 0.6 is 0 Å². The number of hydrogen-bond donors (Lipinski definition) is 1. The topological polar surface area (TPSA) is 12.0 Å². The Balaban J connectivity index is 1.48. The number of hydrogen-bond acceptors (Lipinski definition) is 1. The molecule has 0 amide bonds. The Morgan fingerprint density at radius 2 is 1.90 bits per heavy atom. The molecule has 1 fully saturated rings. The summed E-state index contributed by atoms with van der Waals surface area (Å²) in [7, 11) is 0. The molecule has 2 aromatic carbocycles. The van der Waals surface area contributed by atoms with Gasteiger partial charge in [0.05, 0.1) is 0 Å². The standard InChI is InChI=1S/C18H18FN/c19-16-8-4-2-6-14(16)12-20-17-11-18(17)10-9-13-5-1-3-7-15(13)18/h1-8,17,20H,9-12H2. The minimum Gasteiger partial charge on any atom is -0.309 e. The van der Waals surface area contributed by atoms with Gasteiger partial charge in [-0.2, -0.15) is 0 Å². The maximum absolute atomic E-state index is 13.6. The van der Waals surface area contributed by atoms with Gasteiger partial charge in [-0.1, -0.05) is 42.5 Å². The number of halogens is 1. The highest BCUT2D eigenvalue weighted by Crippen LogP contribution is 2.56. The summed E-state index contributed by atoms with van der Waals surface area (Å²) in [5, 5.41) is 3.55. The molecule has 1 nitrogen and oxygen atoms in total. The number of fused-ring (bicyclic) bond motifs is 2. The van der Waals surface area contributed by atoms with E-state index >= 15 is 0 Å². The third kappa shape index (κ3) is 1.79. The molecule has 2 heteroatoms. The van der Waals surface area contributed by atoms with Crippen LogP contribution in [0.4, 0.5) is 4.39 Å². The van der Waals surface area contributed by atoms with Gasteiger partial charge < -0.3 is 5.32 Å². The zero-order valence-corrected chi connectivity index (χ0v) is 11.4. The van der Waals surface area contributed by atoms with Crippen molar-refractivity contribution in [1.29, 1.82) is 0 Å². The second-order valence-electron chi connectivity index (χ2n) is 6.04. The van der Waals surface area contributed by atoms with Gasteiger partial charge in [0.2, 0.25) is 0 Å². The first kappa shape index (κ1) is 12.1. The smallest absolute Gasteiger partial charge is 0.127 e. The summed E-state index contributed by atoms with van der Waals surface area (Å²) >= 11 is 0. The summed E-state index contributed by atoms with van der Waals surface area (Å²) < 4.78 is 13.6. The Morgan fingerprint density at radius 3 is 2.80 bits per heavy atom. The number of rotatable bonds is 3. The minimum atomic E-state index is -0.110. The highest BCUT2D eigenvalue weighted by Gasteiger charge is 2.57. The second kappa shape index (κ2) is 4.42. The molecule has 0 bridgehead atoms. The lowest BCUT2D eigenvalue weighted by Gasteiger charge is -2.12. The molecule has 2 aliphatic rings. The summed E-state index contributed by atoms with van der Waals surface area (Å²) in [4.78, 5) is 0. The molecule has 0 aliphatic heterocycles. The van der Waals surface area contributed by atoms with E-state index in [4.69, 9.17) is 0 Å². The maximum Gasteiger partial charge on any atom is 0.127 e. The van der Waals surface area contributed by atoms with Crippen LogP contribution in [0, 0.1) is 5.82 Å². The average Bonchev–Trinajstić information content (AvgIpc) is 3.06. The van der Waals surface area contributed by atoms with Gasteiger partial charge >= 0.3 is 0 Å². The van der Waals surface area contributed by atoms with E-state index in [1.54, 1.807) is 6.07 Å². The third-order valence-electron chi connectivity index (χ3n) is 4.97. The molecule has 2 atom stereocenters. The molecule has 2 aliphatic carbocycles. The lowest BCUT2D eigenvalue weighted by atomic mass is 9.97. The van der Waals surface area contributed by atoms with Crippen LogP contribution in [0.3, 0.4) is 0 Å². The van der Waals surface area contributed by atoms with Crippen molar-refractivity contribution in [3.8, 4) is 0 Å². The van der Waals surface area contributed by atoms with E-state index in [9.17, 15) is 4.39 Å². The monoisotopic (exact) mass is 267 g/mol. The fraction of sp³-hybridized carbons (Fsp3) is 0.333. The van der Waals surface area contributed by atoms with Crippen LogP contribution < -0.4 is 5.32 Å². The van der Waals surface area contributed by atoms with Crippen LogP contribution in [-0.2, 0) is 18.4 Å². The molecule has 2 aromatic rings. The summed E-state index contributed by atoms with van der Waals surface area (Å²) in [6, 6.07) is 16.3. The Hall–Kier alpha value is -1.67. The largest absolute Gasteiger partial charge is 0.309 e. The first-order chi connectivity index (χ1) is 9.79. The first-order valence-corrected chi connectivity index (χ1v) is 7.35. The van der Waals surface area contributed by atoms with E-state index in [1.165, 1.54) is 36.5 Å². The Bertz CT molecular complexity index is 651. The van der Waals surface area contributed by atoms with Gasteiger partial charge in [-0.15, -0.1) is 0 Å². The third-order valence-corrected chi connectivity index (χ3v) is 4.97. The molecule has 0 saturated heterocycles. The van der Waals surface area contributed by atoms with Crippen molar-refractivity contribution in [1.82, 2.24) is 5.32 Å². The van der Waals surface area contributed by atoms with E-state index in [0.717, 1.165) is 5.56 Å². The van der Waals surface area contributed by atoms with Gasteiger partial charge in [0.15, 0.2) is 0 Å². The van der Waals surface area contributed by atoms with E-state index in [1.807, 2.05) is 12.1 Å². The predicted octanol–water partition coefficient (Wildman–Crippen LogP) is 3.57. The Kier molecular flexibility index (Phi) is 2.67. The van der Waals surface area contributed by atoms with E-state index in [2.05, 4.69) is 29.6 Å². The molecule has 2 unspecified atom stereocenters. The van der Waals surface area contributed by atoms with Crippen molar-refractivity contribution >= 4 is 0 Å². The maximum atomic E-state index is 13.6. The first-order valence-electron chi connectivity index (χ1n) is 7.35. The number of aryl methyl sites for hydroxylation is 1. The van der Waals surface area contributed by atoms with Gasteiger partial charge in [0.1, 0.15) is 5.82 Å². The molecule has 0 heterocycles. The fourth-order valence-corrected chi connectivity index (χ4v) is 3.74.